The van der Waals surface area contributed by atoms with Crippen LogP contribution in [0.4, 0.5) is 0 Å². The van der Waals surface area contributed by atoms with Gasteiger partial charge in [-0.3, -0.25) is 0 Å². The van der Waals surface area contributed by atoms with Crippen molar-refractivity contribution in [1.82, 2.24) is 15.5 Å². The minimum absolute atomic E-state index is 0.0307. The van der Waals surface area contributed by atoms with E-state index in [1.165, 1.54) is 0 Å². The summed E-state index contributed by atoms with van der Waals surface area (Å²) < 4.78 is 5.11. The monoisotopic (exact) mass is 197 g/mol. The molecule has 5 heteroatoms. The molecule has 78 valence electrons. The van der Waals surface area contributed by atoms with Crippen LogP contribution in [0.1, 0.15) is 37.5 Å². The van der Waals surface area contributed by atoms with Crippen molar-refractivity contribution in [1.29, 1.82) is 0 Å². The van der Waals surface area contributed by atoms with E-state index in [2.05, 4.69) is 22.4 Å². The Morgan fingerprint density at radius 1 is 1.64 bits per heavy atom. The molecule has 0 bridgehead atoms. The highest BCUT2D eigenvalue weighted by Crippen LogP contribution is 2.21. The molecule has 1 fully saturated rings. The third-order valence-corrected chi connectivity index (χ3v) is 2.36. The highest BCUT2D eigenvalue weighted by Gasteiger charge is 2.27. The van der Waals surface area contributed by atoms with Crippen molar-refractivity contribution in [3.8, 4) is 0 Å². The van der Waals surface area contributed by atoms with Gasteiger partial charge in [0.15, 0.2) is 5.82 Å². The van der Waals surface area contributed by atoms with Crippen molar-refractivity contribution in [3.05, 3.63) is 11.7 Å². The number of hydrogen-bond acceptors (Lipinski definition) is 5. The van der Waals surface area contributed by atoms with Gasteiger partial charge >= 0.3 is 0 Å². The third kappa shape index (κ3) is 1.93. The van der Waals surface area contributed by atoms with Gasteiger partial charge in [-0.25, -0.2) is 0 Å². The summed E-state index contributed by atoms with van der Waals surface area (Å²) in [6, 6.07) is 0.0307. The summed E-state index contributed by atoms with van der Waals surface area (Å²) in [5, 5.41) is 16.3. The summed E-state index contributed by atoms with van der Waals surface area (Å²) in [4.78, 5) is 4.27. The number of aliphatic hydroxyl groups is 1. The summed E-state index contributed by atoms with van der Waals surface area (Å²) in [7, 11) is 0. The molecule has 0 aliphatic carbocycles. The van der Waals surface area contributed by atoms with Gasteiger partial charge in [-0.2, -0.15) is 4.98 Å². The molecular formula is C9H15N3O2. The van der Waals surface area contributed by atoms with Gasteiger partial charge in [0.05, 0.1) is 12.1 Å². The minimum atomic E-state index is -0.290. The number of nitrogens with one attached hydrogen (secondary N) is 1. The first-order valence-corrected chi connectivity index (χ1v) is 5.03. The molecule has 0 saturated carbocycles. The van der Waals surface area contributed by atoms with Gasteiger partial charge in [0.25, 0.3) is 0 Å². The number of aryl methyl sites for hydroxylation is 1. The van der Waals surface area contributed by atoms with E-state index in [-0.39, 0.29) is 12.1 Å². The molecule has 5 nitrogen and oxygen atoms in total. The first kappa shape index (κ1) is 9.61. The molecule has 0 radical (unpaired) electrons. The van der Waals surface area contributed by atoms with Gasteiger partial charge in [0.2, 0.25) is 5.89 Å². The second-order valence-electron chi connectivity index (χ2n) is 3.65. The molecule has 0 spiro atoms. The zero-order valence-electron chi connectivity index (χ0n) is 8.23. The average Bonchev–Trinajstić information content (AvgIpc) is 2.74. The predicted molar refractivity (Wildman–Crippen MR) is 49.7 cm³/mol. The lowest BCUT2D eigenvalue weighted by Gasteiger charge is -2.01. The lowest BCUT2D eigenvalue weighted by Crippen LogP contribution is -2.15. The lowest BCUT2D eigenvalue weighted by atomic mass is 10.2. The smallest absolute Gasteiger partial charge is 0.243 e. The van der Waals surface area contributed by atoms with Gasteiger partial charge in [-0.05, 0) is 12.8 Å². The van der Waals surface area contributed by atoms with E-state index in [1.54, 1.807) is 0 Å². The molecule has 1 aromatic rings. The van der Waals surface area contributed by atoms with E-state index in [4.69, 9.17) is 4.52 Å². The summed E-state index contributed by atoms with van der Waals surface area (Å²) in [6.45, 7) is 2.68. The second kappa shape index (κ2) is 4.06. The van der Waals surface area contributed by atoms with Gasteiger partial charge < -0.3 is 14.9 Å². The molecule has 0 amide bonds. The fraction of sp³-hybridized carbons (Fsp3) is 0.778. The summed E-state index contributed by atoms with van der Waals surface area (Å²) in [6.07, 6.45) is 2.23. The molecule has 2 rings (SSSR count). The number of rotatable bonds is 3. The molecule has 2 N–H and O–H groups in total. The Hall–Kier alpha value is -0.940. The zero-order chi connectivity index (χ0) is 9.97. The molecule has 2 atom stereocenters. The second-order valence-corrected chi connectivity index (χ2v) is 3.65. The fourth-order valence-electron chi connectivity index (χ4n) is 1.64. The maximum atomic E-state index is 9.32. The summed E-state index contributed by atoms with van der Waals surface area (Å²) in [5.41, 5.74) is 0. The molecule has 1 aliphatic heterocycles. The van der Waals surface area contributed by atoms with Gasteiger partial charge in [-0.1, -0.05) is 12.1 Å². The Labute approximate surface area is 82.5 Å². The molecule has 0 aromatic carbocycles. The molecule has 1 aromatic heterocycles. The van der Waals surface area contributed by atoms with Crippen molar-refractivity contribution >= 4 is 0 Å². The van der Waals surface area contributed by atoms with E-state index >= 15 is 0 Å². The first-order chi connectivity index (χ1) is 6.79. The van der Waals surface area contributed by atoms with Crippen LogP contribution < -0.4 is 5.32 Å². The maximum absolute atomic E-state index is 9.32. The van der Waals surface area contributed by atoms with Crippen LogP contribution in [0.5, 0.6) is 0 Å². The third-order valence-electron chi connectivity index (χ3n) is 2.36. The highest BCUT2D eigenvalue weighted by atomic mass is 16.5. The van der Waals surface area contributed by atoms with Crippen LogP contribution in [0.25, 0.3) is 0 Å². The Kier molecular flexibility index (Phi) is 2.79. The zero-order valence-corrected chi connectivity index (χ0v) is 8.23. The van der Waals surface area contributed by atoms with Gasteiger partial charge in [0, 0.05) is 13.0 Å². The van der Waals surface area contributed by atoms with Crippen molar-refractivity contribution in [2.45, 2.75) is 38.3 Å². The van der Waals surface area contributed by atoms with E-state index in [1.807, 2.05) is 0 Å². The number of aromatic nitrogens is 2. The lowest BCUT2D eigenvalue weighted by molar-refractivity contribution is 0.191. The van der Waals surface area contributed by atoms with Crippen LogP contribution in [0.15, 0.2) is 4.52 Å². The molecule has 1 aliphatic rings. The van der Waals surface area contributed by atoms with Gasteiger partial charge in [-0.15, -0.1) is 0 Å². The fourth-order valence-corrected chi connectivity index (χ4v) is 1.64. The molecule has 14 heavy (non-hydrogen) atoms. The first-order valence-electron chi connectivity index (χ1n) is 5.03. The molecule has 2 heterocycles. The van der Waals surface area contributed by atoms with Crippen LogP contribution >= 0.6 is 0 Å². The Morgan fingerprint density at radius 2 is 2.50 bits per heavy atom. The maximum Gasteiger partial charge on any atom is 0.243 e. The van der Waals surface area contributed by atoms with Crippen LogP contribution in [0.3, 0.4) is 0 Å². The van der Waals surface area contributed by atoms with Crippen LogP contribution in [0.2, 0.25) is 0 Å². The molecular weight excluding hydrogens is 182 g/mol. The highest BCUT2D eigenvalue weighted by molar-refractivity contribution is 4.97. The van der Waals surface area contributed by atoms with Crippen molar-refractivity contribution in [2.24, 2.45) is 0 Å². The summed E-state index contributed by atoms with van der Waals surface area (Å²) in [5.74, 6) is 1.36. The Balaban J connectivity index is 2.02. The van der Waals surface area contributed by atoms with Crippen LogP contribution in [-0.4, -0.2) is 27.9 Å². The van der Waals surface area contributed by atoms with E-state index in [0.29, 0.717) is 18.9 Å². The van der Waals surface area contributed by atoms with E-state index < -0.39 is 0 Å². The standard InChI is InChI=1S/C9H15N3O2/c1-2-3-8-11-9(14-12-8)7-4-6(13)5-10-7/h6-7,10,13H,2-5H2,1H3. The normalized spacial score (nSPS) is 27.0. The minimum Gasteiger partial charge on any atom is -0.392 e. The molecule has 2 unspecified atom stereocenters. The average molecular weight is 197 g/mol. The Bertz CT molecular complexity index is 300. The van der Waals surface area contributed by atoms with Gasteiger partial charge in [0.1, 0.15) is 0 Å². The van der Waals surface area contributed by atoms with Crippen LogP contribution in [0, 0.1) is 0 Å². The number of nitrogens with zero attached hydrogens (tertiary/aromatic N) is 2. The predicted octanol–water partition coefficient (Wildman–Crippen LogP) is 0.417. The van der Waals surface area contributed by atoms with Crippen molar-refractivity contribution in [3.63, 3.8) is 0 Å². The van der Waals surface area contributed by atoms with E-state index in [0.717, 1.165) is 18.7 Å². The topological polar surface area (TPSA) is 71.2 Å². The van der Waals surface area contributed by atoms with Crippen LogP contribution in [-0.2, 0) is 6.42 Å². The number of hydrogen-bond donors (Lipinski definition) is 2. The van der Waals surface area contributed by atoms with Crippen molar-refractivity contribution < 1.29 is 9.63 Å². The SMILES string of the molecule is CCCc1noc(C2CC(O)CN2)n1. The summed E-state index contributed by atoms with van der Waals surface area (Å²) >= 11 is 0. The van der Waals surface area contributed by atoms with Crippen molar-refractivity contribution in [2.75, 3.05) is 6.54 Å². The Morgan fingerprint density at radius 3 is 3.14 bits per heavy atom. The quantitative estimate of drug-likeness (QED) is 0.734. The number of β-amino-alcohol motifs (C(OH)–C–C–N with tert-alkyl or cyclic N) is 1. The largest absolute Gasteiger partial charge is 0.392 e. The number of aliphatic hydroxyl groups excluding tert-OH is 1. The molecule has 1 saturated heterocycles. The van der Waals surface area contributed by atoms with E-state index in [9.17, 15) is 5.11 Å².